The van der Waals surface area contributed by atoms with Crippen LogP contribution in [0.2, 0.25) is 5.02 Å². The van der Waals surface area contributed by atoms with Gasteiger partial charge in [-0.15, -0.1) is 0 Å². The van der Waals surface area contributed by atoms with Gasteiger partial charge in [0, 0.05) is 23.9 Å². The maximum atomic E-state index is 11.9. The minimum atomic E-state index is -0.327. The lowest BCUT2D eigenvalue weighted by atomic mass is 10.2. The standard InChI is InChI=1S/C15H16ClN3O4/c1-9-7-13(19-23-9)18-15(21)6-5-14(20)17-11-8-10(16)3-4-12(11)22-2/h3-4,7-8H,5-6H2,1-2H3,(H,17,20)(H,18,19,21). The minimum Gasteiger partial charge on any atom is -0.495 e. The van der Waals surface area contributed by atoms with Crippen molar-refractivity contribution in [2.75, 3.05) is 17.7 Å². The molecule has 8 heteroatoms. The molecule has 0 aliphatic heterocycles. The monoisotopic (exact) mass is 337 g/mol. The lowest BCUT2D eigenvalue weighted by Gasteiger charge is -2.10. The summed E-state index contributed by atoms with van der Waals surface area (Å²) in [5, 5.41) is 9.32. The van der Waals surface area contributed by atoms with Crippen LogP contribution < -0.4 is 15.4 Å². The maximum Gasteiger partial charge on any atom is 0.226 e. The smallest absolute Gasteiger partial charge is 0.226 e. The minimum absolute atomic E-state index is 0.0122. The molecule has 2 N–H and O–H groups in total. The van der Waals surface area contributed by atoms with Gasteiger partial charge in [0.05, 0.1) is 12.8 Å². The van der Waals surface area contributed by atoms with Crippen LogP contribution in [0.15, 0.2) is 28.8 Å². The fourth-order valence-corrected chi connectivity index (χ4v) is 2.02. The van der Waals surface area contributed by atoms with Crippen LogP contribution in [0.4, 0.5) is 11.5 Å². The van der Waals surface area contributed by atoms with Crippen molar-refractivity contribution in [3.05, 3.63) is 35.0 Å². The number of methoxy groups -OCH3 is 1. The summed E-state index contributed by atoms with van der Waals surface area (Å²) in [5.74, 6) is 0.754. The van der Waals surface area contributed by atoms with Crippen LogP contribution in [-0.2, 0) is 9.59 Å². The number of halogens is 1. The van der Waals surface area contributed by atoms with E-state index in [1.165, 1.54) is 7.11 Å². The van der Waals surface area contributed by atoms with E-state index in [0.717, 1.165) is 0 Å². The zero-order valence-corrected chi connectivity index (χ0v) is 13.4. The Hall–Kier alpha value is -2.54. The van der Waals surface area contributed by atoms with Crippen molar-refractivity contribution in [2.24, 2.45) is 0 Å². The summed E-state index contributed by atoms with van der Waals surface area (Å²) >= 11 is 5.89. The number of aromatic nitrogens is 1. The molecule has 0 aliphatic rings. The number of aryl methyl sites for hydroxylation is 1. The van der Waals surface area contributed by atoms with E-state index in [0.29, 0.717) is 28.0 Å². The van der Waals surface area contributed by atoms with Gasteiger partial charge >= 0.3 is 0 Å². The Labute approximate surface area is 137 Å². The molecule has 1 aromatic heterocycles. The van der Waals surface area contributed by atoms with Crippen molar-refractivity contribution in [2.45, 2.75) is 19.8 Å². The average Bonchev–Trinajstić information content (AvgIpc) is 2.90. The number of benzene rings is 1. The van der Waals surface area contributed by atoms with Crippen LogP contribution in [0.3, 0.4) is 0 Å². The molecule has 1 aromatic carbocycles. The summed E-state index contributed by atoms with van der Waals surface area (Å²) in [6.07, 6.45) is 0.0267. The Morgan fingerprint density at radius 2 is 1.91 bits per heavy atom. The molecule has 0 spiro atoms. The molecule has 1 heterocycles. The third kappa shape index (κ3) is 5.00. The summed E-state index contributed by atoms with van der Waals surface area (Å²) in [5.41, 5.74) is 0.456. The third-order valence-corrected chi connectivity index (χ3v) is 3.15. The first-order chi connectivity index (χ1) is 11.0. The Morgan fingerprint density at radius 3 is 2.52 bits per heavy atom. The first-order valence-corrected chi connectivity index (χ1v) is 7.22. The zero-order chi connectivity index (χ0) is 16.8. The molecule has 0 atom stereocenters. The van der Waals surface area contributed by atoms with E-state index in [1.54, 1.807) is 31.2 Å². The van der Waals surface area contributed by atoms with Crippen LogP contribution in [0.25, 0.3) is 0 Å². The molecule has 0 radical (unpaired) electrons. The van der Waals surface area contributed by atoms with E-state index in [-0.39, 0.29) is 24.7 Å². The molecule has 0 bridgehead atoms. The Bertz CT molecular complexity index is 714. The van der Waals surface area contributed by atoms with Crippen molar-refractivity contribution < 1.29 is 18.8 Å². The number of nitrogens with one attached hydrogen (secondary N) is 2. The molecule has 0 fully saturated rings. The van der Waals surface area contributed by atoms with E-state index in [9.17, 15) is 9.59 Å². The molecule has 0 unspecified atom stereocenters. The summed E-state index contributed by atoms with van der Waals surface area (Å²) in [7, 11) is 1.49. The lowest BCUT2D eigenvalue weighted by Crippen LogP contribution is -2.17. The second kappa shape index (κ2) is 7.64. The lowest BCUT2D eigenvalue weighted by molar-refractivity contribution is -0.121. The number of anilines is 2. The van der Waals surface area contributed by atoms with Gasteiger partial charge in [-0.25, -0.2) is 0 Å². The number of hydrogen-bond donors (Lipinski definition) is 2. The predicted octanol–water partition coefficient (Wildman–Crippen LogP) is 3.00. The highest BCUT2D eigenvalue weighted by molar-refractivity contribution is 6.31. The number of carbonyl (C=O) groups is 2. The molecule has 0 saturated carbocycles. The number of nitrogens with zero attached hydrogens (tertiary/aromatic N) is 1. The van der Waals surface area contributed by atoms with E-state index < -0.39 is 0 Å². The number of ether oxygens (including phenoxy) is 1. The van der Waals surface area contributed by atoms with Crippen molar-refractivity contribution in [1.29, 1.82) is 0 Å². The highest BCUT2D eigenvalue weighted by Crippen LogP contribution is 2.27. The van der Waals surface area contributed by atoms with Crippen molar-refractivity contribution in [3.63, 3.8) is 0 Å². The van der Waals surface area contributed by atoms with Crippen LogP contribution in [0, 0.1) is 6.92 Å². The first-order valence-electron chi connectivity index (χ1n) is 6.84. The summed E-state index contributed by atoms with van der Waals surface area (Å²) in [6.45, 7) is 1.72. The molecule has 0 aliphatic carbocycles. The fourth-order valence-electron chi connectivity index (χ4n) is 1.85. The number of rotatable bonds is 6. The highest BCUT2D eigenvalue weighted by Gasteiger charge is 2.12. The van der Waals surface area contributed by atoms with Crippen LogP contribution >= 0.6 is 11.6 Å². The highest BCUT2D eigenvalue weighted by atomic mass is 35.5. The number of hydrogen-bond acceptors (Lipinski definition) is 5. The van der Waals surface area contributed by atoms with Crippen molar-refractivity contribution >= 4 is 34.9 Å². The van der Waals surface area contributed by atoms with Gasteiger partial charge in [-0.05, 0) is 25.1 Å². The second-order valence-electron chi connectivity index (χ2n) is 4.76. The van der Waals surface area contributed by atoms with Gasteiger partial charge in [0.25, 0.3) is 0 Å². The quantitative estimate of drug-likeness (QED) is 0.845. The Kier molecular flexibility index (Phi) is 5.59. The number of carbonyl (C=O) groups excluding carboxylic acids is 2. The van der Waals surface area contributed by atoms with E-state index in [1.807, 2.05) is 0 Å². The Balaban J connectivity index is 1.85. The van der Waals surface area contributed by atoms with E-state index in [4.69, 9.17) is 20.9 Å². The van der Waals surface area contributed by atoms with Gasteiger partial charge in [0.1, 0.15) is 11.5 Å². The topological polar surface area (TPSA) is 93.5 Å². The van der Waals surface area contributed by atoms with Gasteiger partial charge in [-0.2, -0.15) is 0 Å². The molecule has 2 aromatic rings. The first kappa shape index (κ1) is 16.8. The fraction of sp³-hybridized carbons (Fsp3) is 0.267. The molecule has 2 rings (SSSR count). The van der Waals surface area contributed by atoms with Gasteiger partial charge in [0.2, 0.25) is 11.8 Å². The van der Waals surface area contributed by atoms with E-state index in [2.05, 4.69) is 15.8 Å². The Morgan fingerprint density at radius 1 is 1.22 bits per heavy atom. The molecule has 23 heavy (non-hydrogen) atoms. The predicted molar refractivity (Wildman–Crippen MR) is 85.7 cm³/mol. The van der Waals surface area contributed by atoms with Gasteiger partial charge in [-0.3, -0.25) is 9.59 Å². The molecule has 0 saturated heterocycles. The summed E-state index contributed by atoms with van der Waals surface area (Å²) < 4.78 is 9.97. The molecular weight excluding hydrogens is 322 g/mol. The maximum absolute atomic E-state index is 11.9. The summed E-state index contributed by atoms with van der Waals surface area (Å²) in [4.78, 5) is 23.7. The van der Waals surface area contributed by atoms with Gasteiger partial charge < -0.3 is 19.9 Å². The molecular formula is C15H16ClN3O4. The van der Waals surface area contributed by atoms with E-state index >= 15 is 0 Å². The normalized spacial score (nSPS) is 10.2. The SMILES string of the molecule is COc1ccc(Cl)cc1NC(=O)CCC(=O)Nc1cc(C)on1. The third-order valence-electron chi connectivity index (χ3n) is 2.91. The largest absolute Gasteiger partial charge is 0.495 e. The van der Waals surface area contributed by atoms with Crippen LogP contribution in [0.5, 0.6) is 5.75 Å². The van der Waals surface area contributed by atoms with Gasteiger partial charge in [-0.1, -0.05) is 16.8 Å². The van der Waals surface area contributed by atoms with Crippen molar-refractivity contribution in [1.82, 2.24) is 5.16 Å². The number of amides is 2. The van der Waals surface area contributed by atoms with Crippen molar-refractivity contribution in [3.8, 4) is 5.75 Å². The molecule has 122 valence electrons. The molecule has 2 amide bonds. The van der Waals surface area contributed by atoms with Crippen LogP contribution in [0.1, 0.15) is 18.6 Å². The second-order valence-corrected chi connectivity index (χ2v) is 5.20. The average molecular weight is 338 g/mol. The zero-order valence-electron chi connectivity index (χ0n) is 12.7. The summed E-state index contributed by atoms with van der Waals surface area (Å²) in [6, 6.07) is 6.48. The van der Waals surface area contributed by atoms with Crippen LogP contribution in [-0.4, -0.2) is 24.1 Å². The molecule has 7 nitrogen and oxygen atoms in total. The van der Waals surface area contributed by atoms with Gasteiger partial charge in [0.15, 0.2) is 5.82 Å².